The molecular formula is C29H39F3N8O2. The summed E-state index contributed by atoms with van der Waals surface area (Å²) < 4.78 is 39.1. The predicted molar refractivity (Wildman–Crippen MR) is 158 cm³/mol. The van der Waals surface area contributed by atoms with Crippen LogP contribution < -0.4 is 33.2 Å². The third kappa shape index (κ3) is 10.2. The van der Waals surface area contributed by atoms with Crippen molar-refractivity contribution in [3.05, 3.63) is 71.9 Å². The average Bonchev–Trinajstić information content (AvgIpc) is 2.97. The number of aromatic nitrogens is 1. The van der Waals surface area contributed by atoms with Crippen LogP contribution in [0.1, 0.15) is 24.0 Å². The molecule has 13 heteroatoms. The summed E-state index contributed by atoms with van der Waals surface area (Å²) >= 11 is 0. The molecule has 0 aliphatic rings. The van der Waals surface area contributed by atoms with E-state index in [1.807, 2.05) is 24.3 Å². The Balaban J connectivity index is 1.59. The number of nitrogens with one attached hydrogen (secondary N) is 3. The molecule has 3 rings (SSSR count). The third-order valence-corrected chi connectivity index (χ3v) is 6.64. The Hall–Kier alpha value is -3.78. The molecule has 2 aromatic carbocycles. The summed E-state index contributed by atoms with van der Waals surface area (Å²) in [6.07, 6.45) is -1.59. The molecule has 1 heterocycles. The van der Waals surface area contributed by atoms with E-state index < -0.39 is 17.8 Å². The van der Waals surface area contributed by atoms with E-state index >= 15 is 0 Å². The Labute approximate surface area is 243 Å². The van der Waals surface area contributed by atoms with Crippen LogP contribution in [0.3, 0.4) is 0 Å². The second kappa shape index (κ2) is 16.0. The quantitative estimate of drug-likeness (QED) is 0.148. The predicted octanol–water partition coefficient (Wildman–Crippen LogP) is 2.43. The number of hydrogen-bond acceptors (Lipinski definition) is 7. The summed E-state index contributed by atoms with van der Waals surface area (Å²) in [4.78, 5) is 31.5. The standard InChI is InChI=1S/C29H39F3N8O2/c30-29(31,32)22-9-7-20(8-10-22)16-26(27(41)39-24-17-21-4-1-2-6-25(21)38-19-24)37-18-23(35)5-3-13-36-28(42)40(14-11-33)15-12-34/h1-2,4,6-10,17,19,23,26,37H,3,5,11-16,18,33-35H2,(H,36,42)(H,39,41). The maximum absolute atomic E-state index is 13.3. The van der Waals surface area contributed by atoms with Gasteiger partial charge in [-0.3, -0.25) is 9.78 Å². The summed E-state index contributed by atoms with van der Waals surface area (Å²) in [6, 6.07) is 12.7. The first-order valence-corrected chi connectivity index (χ1v) is 13.8. The number of carbonyl (C=O) groups excluding carboxylic acids is 2. The molecule has 0 radical (unpaired) electrons. The van der Waals surface area contributed by atoms with E-state index in [9.17, 15) is 22.8 Å². The zero-order valence-electron chi connectivity index (χ0n) is 23.4. The van der Waals surface area contributed by atoms with Crippen LogP contribution in [0.4, 0.5) is 23.7 Å². The van der Waals surface area contributed by atoms with E-state index in [-0.39, 0.29) is 30.9 Å². The topological polar surface area (TPSA) is 164 Å². The number of benzene rings is 2. The lowest BCUT2D eigenvalue weighted by Gasteiger charge is -2.23. The van der Waals surface area contributed by atoms with E-state index in [4.69, 9.17) is 17.2 Å². The number of anilines is 1. The molecule has 3 aromatic rings. The monoisotopic (exact) mass is 588 g/mol. The molecule has 2 atom stereocenters. The normalized spacial score (nSPS) is 13.0. The van der Waals surface area contributed by atoms with Gasteiger partial charge in [-0.05, 0) is 49.1 Å². The van der Waals surface area contributed by atoms with Crippen molar-refractivity contribution in [2.24, 2.45) is 17.2 Å². The van der Waals surface area contributed by atoms with E-state index in [0.717, 1.165) is 23.0 Å². The maximum Gasteiger partial charge on any atom is 0.416 e. The highest BCUT2D eigenvalue weighted by molar-refractivity contribution is 5.96. The van der Waals surface area contributed by atoms with Crippen molar-refractivity contribution in [3.63, 3.8) is 0 Å². The van der Waals surface area contributed by atoms with E-state index in [0.29, 0.717) is 56.8 Å². The van der Waals surface area contributed by atoms with Gasteiger partial charge < -0.3 is 38.1 Å². The van der Waals surface area contributed by atoms with E-state index in [2.05, 4.69) is 20.9 Å². The number of pyridine rings is 1. The Bertz CT molecular complexity index is 1280. The zero-order chi connectivity index (χ0) is 30.5. The largest absolute Gasteiger partial charge is 0.416 e. The van der Waals surface area contributed by atoms with Crippen molar-refractivity contribution in [2.75, 3.05) is 44.6 Å². The first-order chi connectivity index (χ1) is 20.1. The molecule has 0 spiro atoms. The van der Waals surface area contributed by atoms with Crippen molar-refractivity contribution in [1.29, 1.82) is 0 Å². The number of urea groups is 1. The van der Waals surface area contributed by atoms with Crippen molar-refractivity contribution in [2.45, 2.75) is 37.5 Å². The minimum Gasteiger partial charge on any atom is -0.338 e. The summed E-state index contributed by atoms with van der Waals surface area (Å²) in [7, 11) is 0. The Morgan fingerprint density at radius 1 is 1.00 bits per heavy atom. The molecule has 0 aliphatic carbocycles. The number of amides is 3. The van der Waals surface area contributed by atoms with Crippen LogP contribution in [0, 0.1) is 0 Å². The number of nitrogens with two attached hydrogens (primary N) is 3. The van der Waals surface area contributed by atoms with Crippen LogP contribution in [-0.4, -0.2) is 73.2 Å². The molecule has 3 amide bonds. The van der Waals surface area contributed by atoms with Gasteiger partial charge in [0.1, 0.15) is 0 Å². The number of carbonyl (C=O) groups is 2. The van der Waals surface area contributed by atoms with Crippen LogP contribution in [0.15, 0.2) is 60.8 Å². The first-order valence-electron chi connectivity index (χ1n) is 13.8. The molecule has 2 unspecified atom stereocenters. The molecule has 1 aromatic heterocycles. The van der Waals surface area contributed by atoms with Crippen LogP contribution >= 0.6 is 0 Å². The van der Waals surface area contributed by atoms with Gasteiger partial charge in [0.25, 0.3) is 0 Å². The smallest absolute Gasteiger partial charge is 0.338 e. The first kappa shape index (κ1) is 32.7. The van der Waals surface area contributed by atoms with Gasteiger partial charge in [0.2, 0.25) is 5.91 Å². The highest BCUT2D eigenvalue weighted by Gasteiger charge is 2.30. The lowest BCUT2D eigenvalue weighted by molar-refractivity contribution is -0.137. The molecule has 0 fully saturated rings. The van der Waals surface area contributed by atoms with Gasteiger partial charge in [0.15, 0.2) is 0 Å². The maximum atomic E-state index is 13.3. The molecule has 10 nitrogen and oxygen atoms in total. The number of rotatable bonds is 15. The molecule has 9 N–H and O–H groups in total. The molecule has 42 heavy (non-hydrogen) atoms. The van der Waals surface area contributed by atoms with Crippen LogP contribution in [0.2, 0.25) is 0 Å². The molecule has 0 aliphatic heterocycles. The van der Waals surface area contributed by atoms with Crippen LogP contribution in [-0.2, 0) is 17.4 Å². The van der Waals surface area contributed by atoms with Crippen molar-refractivity contribution >= 4 is 28.5 Å². The number of halogens is 3. The highest BCUT2D eigenvalue weighted by atomic mass is 19.4. The lowest BCUT2D eigenvalue weighted by Crippen LogP contribution is -2.47. The van der Waals surface area contributed by atoms with E-state index in [1.54, 1.807) is 17.2 Å². The van der Waals surface area contributed by atoms with Gasteiger partial charge in [-0.1, -0.05) is 30.3 Å². The molecule has 0 bridgehead atoms. The number of para-hydroxylation sites is 1. The minimum absolute atomic E-state index is 0.145. The summed E-state index contributed by atoms with van der Waals surface area (Å²) in [6.45, 7) is 2.16. The van der Waals surface area contributed by atoms with Crippen molar-refractivity contribution in [1.82, 2.24) is 20.5 Å². The lowest BCUT2D eigenvalue weighted by atomic mass is 10.0. The molecule has 0 saturated carbocycles. The van der Waals surface area contributed by atoms with Gasteiger partial charge in [-0.15, -0.1) is 0 Å². The van der Waals surface area contributed by atoms with Gasteiger partial charge in [-0.2, -0.15) is 13.2 Å². The summed E-state index contributed by atoms with van der Waals surface area (Å²) in [5.41, 5.74) is 18.5. The second-order valence-electron chi connectivity index (χ2n) is 9.96. The number of fused-ring (bicyclic) bond motifs is 1. The van der Waals surface area contributed by atoms with Gasteiger partial charge >= 0.3 is 12.2 Å². The Morgan fingerprint density at radius 2 is 1.69 bits per heavy atom. The number of alkyl halides is 3. The SMILES string of the molecule is NCCN(CCN)C(=O)NCCCC(N)CNC(Cc1ccc(C(F)(F)F)cc1)C(=O)Nc1cnc2ccccc2c1. The highest BCUT2D eigenvalue weighted by Crippen LogP contribution is 2.29. The Morgan fingerprint density at radius 3 is 2.36 bits per heavy atom. The fourth-order valence-electron chi connectivity index (χ4n) is 4.39. The van der Waals surface area contributed by atoms with Gasteiger partial charge in [-0.25, -0.2) is 4.79 Å². The third-order valence-electron chi connectivity index (χ3n) is 6.64. The average molecular weight is 589 g/mol. The number of hydrogen-bond donors (Lipinski definition) is 6. The minimum atomic E-state index is -4.45. The van der Waals surface area contributed by atoms with Gasteiger partial charge in [0.05, 0.1) is 29.0 Å². The molecule has 228 valence electrons. The van der Waals surface area contributed by atoms with Crippen LogP contribution in [0.25, 0.3) is 10.9 Å². The number of nitrogens with zero attached hydrogens (tertiary/aromatic N) is 2. The van der Waals surface area contributed by atoms with Crippen LogP contribution in [0.5, 0.6) is 0 Å². The molecule has 0 saturated heterocycles. The Kier molecular flexibility index (Phi) is 12.5. The molecular weight excluding hydrogens is 549 g/mol. The van der Waals surface area contributed by atoms with Crippen molar-refractivity contribution < 1.29 is 22.8 Å². The van der Waals surface area contributed by atoms with E-state index in [1.165, 1.54) is 12.1 Å². The summed E-state index contributed by atoms with van der Waals surface area (Å²) in [5, 5.41) is 9.70. The van der Waals surface area contributed by atoms with Gasteiger partial charge in [0, 0.05) is 50.7 Å². The van der Waals surface area contributed by atoms with Crippen molar-refractivity contribution in [3.8, 4) is 0 Å². The fraction of sp³-hybridized carbons (Fsp3) is 0.414. The summed E-state index contributed by atoms with van der Waals surface area (Å²) in [5.74, 6) is -0.369. The second-order valence-corrected chi connectivity index (χ2v) is 9.96. The zero-order valence-corrected chi connectivity index (χ0v) is 23.4. The fourth-order valence-corrected chi connectivity index (χ4v) is 4.39.